The highest BCUT2D eigenvalue weighted by atomic mass is 19.4. The number of aryl methyl sites for hydroxylation is 2. The molecule has 0 spiro atoms. The molecular formula is C25H24F3N3. The Hall–Kier alpha value is -3.12. The average molecular weight is 423 g/mol. The average Bonchev–Trinajstić information content (AvgIpc) is 3.10. The number of fused-ring (bicyclic) bond motifs is 1. The molecule has 4 rings (SSSR count). The van der Waals surface area contributed by atoms with Crippen molar-refractivity contribution in [3.05, 3.63) is 89.2 Å². The summed E-state index contributed by atoms with van der Waals surface area (Å²) in [6.07, 6.45) is -4.48. The summed E-state index contributed by atoms with van der Waals surface area (Å²) in [4.78, 5) is 3.84. The molecule has 0 aliphatic carbocycles. The largest absolute Gasteiger partial charge is 0.449 e. The van der Waals surface area contributed by atoms with Gasteiger partial charge in [-0.05, 0) is 59.9 Å². The summed E-state index contributed by atoms with van der Waals surface area (Å²) >= 11 is 0. The number of aromatic nitrogens is 2. The van der Waals surface area contributed by atoms with E-state index in [2.05, 4.69) is 41.5 Å². The van der Waals surface area contributed by atoms with Gasteiger partial charge >= 0.3 is 6.18 Å². The van der Waals surface area contributed by atoms with Crippen LogP contribution >= 0.6 is 0 Å². The molecule has 31 heavy (non-hydrogen) atoms. The van der Waals surface area contributed by atoms with Crippen LogP contribution in [-0.2, 0) is 19.8 Å². The Morgan fingerprint density at radius 3 is 2.45 bits per heavy atom. The normalized spacial score (nSPS) is 13.0. The molecule has 1 atom stereocenters. The third-order valence-corrected chi connectivity index (χ3v) is 5.66. The Labute approximate surface area is 179 Å². The van der Waals surface area contributed by atoms with Crippen LogP contribution in [0.3, 0.4) is 0 Å². The summed E-state index contributed by atoms with van der Waals surface area (Å²) in [6, 6.07) is 21.9. The van der Waals surface area contributed by atoms with Crippen molar-refractivity contribution in [3.8, 4) is 11.1 Å². The number of imidazole rings is 1. The minimum atomic E-state index is -4.48. The predicted molar refractivity (Wildman–Crippen MR) is 118 cm³/mol. The van der Waals surface area contributed by atoms with E-state index in [1.807, 2.05) is 37.3 Å². The van der Waals surface area contributed by atoms with Crippen molar-refractivity contribution < 1.29 is 13.2 Å². The van der Waals surface area contributed by atoms with E-state index in [1.54, 1.807) is 12.1 Å². The van der Waals surface area contributed by atoms with E-state index < -0.39 is 12.0 Å². The second kappa shape index (κ2) is 8.19. The SMILES string of the molecule is Cc1ccc(CN[C@H](C)c2ccccc2)cc1-c1ccc2c(c1)nc(C(F)(F)F)n2C. The predicted octanol–water partition coefficient (Wildman–Crippen LogP) is 6.42. The summed E-state index contributed by atoms with van der Waals surface area (Å²) in [5.41, 5.74) is 6.04. The van der Waals surface area contributed by atoms with Crippen molar-refractivity contribution in [3.63, 3.8) is 0 Å². The highest BCUT2D eigenvalue weighted by Crippen LogP contribution is 2.33. The van der Waals surface area contributed by atoms with Crippen LogP contribution in [0.4, 0.5) is 13.2 Å². The zero-order valence-corrected chi connectivity index (χ0v) is 17.7. The molecule has 0 radical (unpaired) electrons. The Bertz CT molecular complexity index is 1210. The van der Waals surface area contributed by atoms with Crippen molar-refractivity contribution >= 4 is 11.0 Å². The molecule has 3 nitrogen and oxygen atoms in total. The van der Waals surface area contributed by atoms with Gasteiger partial charge in [-0.3, -0.25) is 0 Å². The maximum absolute atomic E-state index is 13.2. The maximum Gasteiger partial charge on any atom is 0.449 e. The van der Waals surface area contributed by atoms with Crippen molar-refractivity contribution in [2.24, 2.45) is 7.05 Å². The fourth-order valence-electron chi connectivity index (χ4n) is 3.84. The number of rotatable bonds is 5. The van der Waals surface area contributed by atoms with Gasteiger partial charge in [-0.1, -0.05) is 48.5 Å². The monoisotopic (exact) mass is 423 g/mol. The minimum Gasteiger partial charge on any atom is -0.323 e. The van der Waals surface area contributed by atoms with Crippen LogP contribution in [0.25, 0.3) is 22.2 Å². The summed E-state index contributed by atoms with van der Waals surface area (Å²) in [7, 11) is 1.39. The number of alkyl halides is 3. The van der Waals surface area contributed by atoms with E-state index in [4.69, 9.17) is 0 Å². The van der Waals surface area contributed by atoms with Crippen LogP contribution in [0.15, 0.2) is 66.7 Å². The molecule has 0 aliphatic heterocycles. The molecule has 160 valence electrons. The first kappa shape index (κ1) is 21.1. The van der Waals surface area contributed by atoms with Crippen LogP contribution in [0.2, 0.25) is 0 Å². The second-order valence-corrected chi connectivity index (χ2v) is 7.86. The van der Waals surface area contributed by atoms with Crippen molar-refractivity contribution in [1.29, 1.82) is 0 Å². The number of hydrogen-bond donors (Lipinski definition) is 1. The van der Waals surface area contributed by atoms with E-state index in [0.29, 0.717) is 17.6 Å². The summed E-state index contributed by atoms with van der Waals surface area (Å²) in [5, 5.41) is 3.53. The second-order valence-electron chi connectivity index (χ2n) is 7.86. The molecule has 0 amide bonds. The molecule has 6 heteroatoms. The Morgan fingerprint density at radius 2 is 1.74 bits per heavy atom. The summed E-state index contributed by atoms with van der Waals surface area (Å²) in [6.45, 7) is 4.81. The number of nitrogens with one attached hydrogen (secondary N) is 1. The molecule has 0 aliphatic rings. The van der Waals surface area contributed by atoms with Crippen LogP contribution in [-0.4, -0.2) is 9.55 Å². The lowest BCUT2D eigenvalue weighted by Gasteiger charge is -2.15. The highest BCUT2D eigenvalue weighted by Gasteiger charge is 2.36. The standard InChI is InChI=1S/C25H24F3N3/c1-16-9-10-18(15-29-17(2)19-7-5-4-6-8-19)13-21(16)20-11-12-23-22(14-20)30-24(31(23)3)25(26,27)28/h4-14,17,29H,15H2,1-3H3/t17-/m1/s1. The molecule has 0 saturated heterocycles. The first-order valence-electron chi connectivity index (χ1n) is 10.2. The molecule has 1 aromatic heterocycles. The van der Waals surface area contributed by atoms with Gasteiger partial charge < -0.3 is 9.88 Å². The van der Waals surface area contributed by atoms with Crippen molar-refractivity contribution in [2.45, 2.75) is 32.6 Å². The van der Waals surface area contributed by atoms with Crippen LogP contribution in [0.5, 0.6) is 0 Å². The van der Waals surface area contributed by atoms with Crippen LogP contribution in [0, 0.1) is 6.92 Å². The fraction of sp³-hybridized carbons (Fsp3) is 0.240. The molecule has 1 N–H and O–H groups in total. The Morgan fingerprint density at radius 1 is 1.00 bits per heavy atom. The Balaban J connectivity index is 1.61. The Kier molecular flexibility index (Phi) is 5.58. The van der Waals surface area contributed by atoms with E-state index in [0.717, 1.165) is 26.8 Å². The molecule has 0 unspecified atom stereocenters. The van der Waals surface area contributed by atoms with Gasteiger partial charge in [0.05, 0.1) is 11.0 Å². The van der Waals surface area contributed by atoms with Gasteiger partial charge in [0, 0.05) is 19.6 Å². The lowest BCUT2D eigenvalue weighted by atomic mass is 9.97. The lowest BCUT2D eigenvalue weighted by Crippen LogP contribution is -2.18. The first-order chi connectivity index (χ1) is 14.7. The number of benzene rings is 3. The van der Waals surface area contributed by atoms with E-state index in [-0.39, 0.29) is 6.04 Å². The molecule has 0 saturated carbocycles. The minimum absolute atomic E-state index is 0.205. The third-order valence-electron chi connectivity index (χ3n) is 5.66. The molecule has 4 aromatic rings. The maximum atomic E-state index is 13.2. The van der Waals surface area contributed by atoms with Gasteiger partial charge in [0.1, 0.15) is 0 Å². The summed E-state index contributed by atoms with van der Waals surface area (Å²) < 4.78 is 40.7. The van der Waals surface area contributed by atoms with Gasteiger partial charge in [0.25, 0.3) is 0 Å². The third kappa shape index (κ3) is 4.35. The lowest BCUT2D eigenvalue weighted by molar-refractivity contribution is -0.146. The van der Waals surface area contributed by atoms with Gasteiger partial charge in [-0.25, -0.2) is 4.98 Å². The smallest absolute Gasteiger partial charge is 0.323 e. The molecule has 0 fully saturated rings. The quantitative estimate of drug-likeness (QED) is 0.401. The van der Waals surface area contributed by atoms with Crippen molar-refractivity contribution in [1.82, 2.24) is 14.9 Å². The highest BCUT2D eigenvalue weighted by molar-refractivity contribution is 5.83. The van der Waals surface area contributed by atoms with E-state index in [1.165, 1.54) is 12.6 Å². The molecule has 3 aromatic carbocycles. The zero-order chi connectivity index (χ0) is 22.2. The van der Waals surface area contributed by atoms with Crippen LogP contribution in [0.1, 0.15) is 35.5 Å². The first-order valence-corrected chi connectivity index (χ1v) is 10.2. The molecule has 0 bridgehead atoms. The summed E-state index contributed by atoms with van der Waals surface area (Å²) in [5.74, 6) is -0.885. The van der Waals surface area contributed by atoms with E-state index in [9.17, 15) is 13.2 Å². The van der Waals surface area contributed by atoms with Gasteiger partial charge in [-0.15, -0.1) is 0 Å². The number of halogens is 3. The number of hydrogen-bond acceptors (Lipinski definition) is 2. The topological polar surface area (TPSA) is 29.9 Å². The van der Waals surface area contributed by atoms with Crippen molar-refractivity contribution in [2.75, 3.05) is 0 Å². The fourth-order valence-corrected chi connectivity index (χ4v) is 3.84. The van der Waals surface area contributed by atoms with Crippen LogP contribution < -0.4 is 5.32 Å². The molecule has 1 heterocycles. The van der Waals surface area contributed by atoms with Gasteiger partial charge in [-0.2, -0.15) is 13.2 Å². The van der Waals surface area contributed by atoms with Gasteiger partial charge in [0.15, 0.2) is 0 Å². The van der Waals surface area contributed by atoms with Gasteiger partial charge in [0.2, 0.25) is 5.82 Å². The zero-order valence-electron chi connectivity index (χ0n) is 17.7. The van der Waals surface area contributed by atoms with E-state index >= 15 is 0 Å². The molecular weight excluding hydrogens is 399 g/mol. The number of nitrogens with zero attached hydrogens (tertiary/aromatic N) is 2.